The molecule has 0 atom stereocenters. The first-order valence-corrected chi connectivity index (χ1v) is 9.04. The first kappa shape index (κ1) is 16.2. The molecule has 5 heteroatoms. The fourth-order valence-electron chi connectivity index (χ4n) is 3.69. The van der Waals surface area contributed by atoms with Crippen LogP contribution in [0.1, 0.15) is 0 Å². The molecule has 0 aliphatic carbocycles. The van der Waals surface area contributed by atoms with E-state index in [-0.39, 0.29) is 0 Å². The molecule has 1 fully saturated rings. The Balaban J connectivity index is 1.57. The molecule has 0 radical (unpaired) electrons. The Bertz CT molecular complexity index is 697. The van der Waals surface area contributed by atoms with E-state index >= 15 is 0 Å². The number of para-hydroxylation sites is 2. The summed E-state index contributed by atoms with van der Waals surface area (Å²) in [6, 6.07) is 17.1. The third-order valence-corrected chi connectivity index (χ3v) is 5.07. The highest BCUT2D eigenvalue weighted by Crippen LogP contribution is 2.37. The molecule has 2 aromatic rings. The highest BCUT2D eigenvalue weighted by atomic mass is 16.5. The van der Waals surface area contributed by atoms with Crippen LogP contribution in [0.25, 0.3) is 0 Å². The first-order chi connectivity index (χ1) is 12.3. The number of ether oxygens (including phenoxy) is 1. The summed E-state index contributed by atoms with van der Waals surface area (Å²) in [6.07, 6.45) is 0. The van der Waals surface area contributed by atoms with Crippen LogP contribution in [-0.4, -0.2) is 57.9 Å². The molecular weight excluding hydrogens is 312 g/mol. The van der Waals surface area contributed by atoms with Crippen molar-refractivity contribution >= 4 is 17.1 Å². The molecule has 0 aromatic heterocycles. The van der Waals surface area contributed by atoms with Gasteiger partial charge in [0.2, 0.25) is 0 Å². The lowest BCUT2D eigenvalue weighted by Crippen LogP contribution is -2.50. The molecule has 1 N–H and O–H groups in total. The second kappa shape index (κ2) is 7.33. The van der Waals surface area contributed by atoms with Crippen LogP contribution in [0.3, 0.4) is 0 Å². The Morgan fingerprint density at radius 2 is 1.60 bits per heavy atom. The minimum Gasteiger partial charge on any atom is -0.497 e. The highest BCUT2D eigenvalue weighted by molar-refractivity contribution is 5.79. The third kappa shape index (κ3) is 3.43. The first-order valence-electron chi connectivity index (χ1n) is 9.04. The van der Waals surface area contributed by atoms with Crippen molar-refractivity contribution in [3.05, 3.63) is 48.5 Å². The van der Waals surface area contributed by atoms with Crippen molar-refractivity contribution in [1.82, 2.24) is 10.2 Å². The summed E-state index contributed by atoms with van der Waals surface area (Å²) in [6.45, 7) is 7.47. The fourth-order valence-corrected chi connectivity index (χ4v) is 3.69. The van der Waals surface area contributed by atoms with Crippen molar-refractivity contribution in [1.29, 1.82) is 0 Å². The summed E-state index contributed by atoms with van der Waals surface area (Å²) in [5.74, 6) is 0.898. The van der Waals surface area contributed by atoms with Crippen molar-refractivity contribution in [2.75, 3.05) is 62.8 Å². The van der Waals surface area contributed by atoms with Crippen molar-refractivity contribution in [3.8, 4) is 5.75 Å². The van der Waals surface area contributed by atoms with Crippen molar-refractivity contribution in [2.45, 2.75) is 0 Å². The molecule has 2 heterocycles. The molecule has 4 rings (SSSR count). The summed E-state index contributed by atoms with van der Waals surface area (Å²) in [4.78, 5) is 7.46. The molecule has 25 heavy (non-hydrogen) atoms. The number of nitrogens with zero attached hydrogens (tertiary/aromatic N) is 3. The van der Waals surface area contributed by atoms with Gasteiger partial charge in [0.1, 0.15) is 5.75 Å². The monoisotopic (exact) mass is 338 g/mol. The zero-order chi connectivity index (χ0) is 17.1. The van der Waals surface area contributed by atoms with Gasteiger partial charge in [-0.1, -0.05) is 12.1 Å². The van der Waals surface area contributed by atoms with E-state index in [9.17, 15) is 0 Å². The lowest BCUT2D eigenvalue weighted by atomic mass is 10.1. The van der Waals surface area contributed by atoms with Crippen LogP contribution < -0.4 is 19.9 Å². The van der Waals surface area contributed by atoms with Gasteiger partial charge in [0, 0.05) is 45.0 Å². The topological polar surface area (TPSA) is 31.0 Å². The van der Waals surface area contributed by atoms with E-state index in [0.717, 1.165) is 51.7 Å². The van der Waals surface area contributed by atoms with Gasteiger partial charge in [-0.2, -0.15) is 0 Å². The quantitative estimate of drug-likeness (QED) is 0.926. The maximum Gasteiger partial charge on any atom is 0.119 e. The minimum absolute atomic E-state index is 0.898. The van der Waals surface area contributed by atoms with Gasteiger partial charge in [-0.15, -0.1) is 0 Å². The lowest BCUT2D eigenvalue weighted by Gasteiger charge is -2.41. The molecule has 0 saturated carbocycles. The number of benzene rings is 2. The van der Waals surface area contributed by atoms with E-state index in [1.807, 2.05) is 12.1 Å². The molecule has 0 amide bonds. The molecule has 2 aromatic carbocycles. The standard InChI is InChI=1S/C20H26N4O/c1-25-18-8-6-17(7-9-18)24-15-14-23(16-22-12-10-21-11-13-22)19-4-2-3-5-20(19)24/h2-9,21H,10-16H2,1H3. The van der Waals surface area contributed by atoms with Gasteiger partial charge in [0.15, 0.2) is 0 Å². The van der Waals surface area contributed by atoms with E-state index in [2.05, 4.69) is 56.4 Å². The Labute approximate surface area is 149 Å². The molecule has 0 bridgehead atoms. The molecular formula is C20H26N4O. The zero-order valence-corrected chi connectivity index (χ0v) is 14.8. The van der Waals surface area contributed by atoms with Crippen LogP contribution in [0.5, 0.6) is 5.75 Å². The van der Waals surface area contributed by atoms with Gasteiger partial charge >= 0.3 is 0 Å². The highest BCUT2D eigenvalue weighted by Gasteiger charge is 2.25. The smallest absolute Gasteiger partial charge is 0.119 e. The summed E-state index contributed by atoms with van der Waals surface area (Å²) >= 11 is 0. The van der Waals surface area contributed by atoms with Gasteiger partial charge in [0.25, 0.3) is 0 Å². The van der Waals surface area contributed by atoms with Crippen molar-refractivity contribution in [2.24, 2.45) is 0 Å². The van der Waals surface area contributed by atoms with E-state index in [1.54, 1.807) is 7.11 Å². The molecule has 2 aliphatic rings. The number of piperazine rings is 1. The average Bonchev–Trinajstić information content (AvgIpc) is 2.69. The minimum atomic E-state index is 0.898. The predicted octanol–water partition coefficient (Wildman–Crippen LogP) is 2.52. The maximum absolute atomic E-state index is 5.29. The second-order valence-electron chi connectivity index (χ2n) is 6.61. The Hall–Kier alpha value is -2.24. The molecule has 2 aliphatic heterocycles. The number of methoxy groups -OCH3 is 1. The largest absolute Gasteiger partial charge is 0.497 e. The Morgan fingerprint density at radius 1 is 0.880 bits per heavy atom. The summed E-state index contributed by atoms with van der Waals surface area (Å²) < 4.78 is 5.29. The van der Waals surface area contributed by atoms with E-state index in [1.165, 1.54) is 17.1 Å². The second-order valence-corrected chi connectivity index (χ2v) is 6.61. The summed E-state index contributed by atoms with van der Waals surface area (Å²) in [5, 5.41) is 3.43. The average molecular weight is 338 g/mol. The number of anilines is 3. The van der Waals surface area contributed by atoms with Gasteiger partial charge in [-0.25, -0.2) is 0 Å². The van der Waals surface area contributed by atoms with Crippen LogP contribution in [-0.2, 0) is 0 Å². The number of hydrogen-bond acceptors (Lipinski definition) is 5. The molecule has 0 unspecified atom stereocenters. The summed E-state index contributed by atoms with van der Waals surface area (Å²) in [7, 11) is 1.71. The van der Waals surface area contributed by atoms with E-state index in [0.29, 0.717) is 0 Å². The maximum atomic E-state index is 5.29. The Kier molecular flexibility index (Phi) is 4.76. The van der Waals surface area contributed by atoms with Crippen LogP contribution >= 0.6 is 0 Å². The molecule has 1 saturated heterocycles. The van der Waals surface area contributed by atoms with Gasteiger partial charge in [-0.05, 0) is 36.4 Å². The number of hydrogen-bond donors (Lipinski definition) is 1. The third-order valence-electron chi connectivity index (χ3n) is 5.07. The van der Waals surface area contributed by atoms with Crippen LogP contribution in [0.15, 0.2) is 48.5 Å². The van der Waals surface area contributed by atoms with E-state index < -0.39 is 0 Å². The number of rotatable bonds is 4. The predicted molar refractivity (Wildman–Crippen MR) is 103 cm³/mol. The molecule has 132 valence electrons. The number of fused-ring (bicyclic) bond motifs is 1. The van der Waals surface area contributed by atoms with E-state index in [4.69, 9.17) is 4.74 Å². The molecule has 0 spiro atoms. The van der Waals surface area contributed by atoms with Gasteiger partial charge in [-0.3, -0.25) is 4.90 Å². The zero-order valence-electron chi connectivity index (χ0n) is 14.8. The number of nitrogens with one attached hydrogen (secondary N) is 1. The van der Waals surface area contributed by atoms with Crippen molar-refractivity contribution < 1.29 is 4.74 Å². The molecule has 5 nitrogen and oxygen atoms in total. The van der Waals surface area contributed by atoms with Crippen LogP contribution in [0, 0.1) is 0 Å². The fraction of sp³-hybridized carbons (Fsp3) is 0.400. The van der Waals surface area contributed by atoms with Crippen molar-refractivity contribution in [3.63, 3.8) is 0 Å². The summed E-state index contributed by atoms with van der Waals surface area (Å²) in [5.41, 5.74) is 3.83. The van der Waals surface area contributed by atoms with Gasteiger partial charge in [0.05, 0.1) is 25.2 Å². The normalized spacial score (nSPS) is 18.1. The SMILES string of the molecule is COc1ccc(N2CCN(CN3CCNCC3)c3ccccc32)cc1. The van der Waals surface area contributed by atoms with Gasteiger partial charge < -0.3 is 19.9 Å². The van der Waals surface area contributed by atoms with Crippen LogP contribution in [0.4, 0.5) is 17.1 Å². The lowest BCUT2D eigenvalue weighted by molar-refractivity contribution is 0.240. The Morgan fingerprint density at radius 3 is 2.32 bits per heavy atom. The van der Waals surface area contributed by atoms with Crippen LogP contribution in [0.2, 0.25) is 0 Å².